The second-order valence-corrected chi connectivity index (χ2v) is 5.95. The van der Waals surface area contributed by atoms with Crippen LogP contribution < -0.4 is 4.90 Å². The minimum Gasteiger partial charge on any atom is -0.466 e. The molecule has 2 aliphatic rings. The van der Waals surface area contributed by atoms with Gasteiger partial charge in [-0.1, -0.05) is 12.2 Å². The smallest absolute Gasteiger partial charge is 0.309 e. The zero-order valence-corrected chi connectivity index (χ0v) is 13.1. The van der Waals surface area contributed by atoms with Crippen molar-refractivity contribution in [1.82, 2.24) is 9.97 Å². The normalized spacial score (nSPS) is 19.6. The van der Waals surface area contributed by atoms with E-state index in [0.29, 0.717) is 12.5 Å². The van der Waals surface area contributed by atoms with Crippen LogP contribution in [0.5, 0.6) is 0 Å². The first-order chi connectivity index (χ1) is 10.8. The van der Waals surface area contributed by atoms with E-state index in [1.807, 2.05) is 6.92 Å². The van der Waals surface area contributed by atoms with E-state index in [-0.39, 0.29) is 11.9 Å². The lowest BCUT2D eigenvalue weighted by Crippen LogP contribution is -2.37. The highest BCUT2D eigenvalue weighted by Gasteiger charge is 2.27. The Morgan fingerprint density at radius 2 is 2.00 bits per heavy atom. The van der Waals surface area contributed by atoms with E-state index < -0.39 is 0 Å². The zero-order valence-electron chi connectivity index (χ0n) is 13.1. The zero-order chi connectivity index (χ0) is 15.4. The summed E-state index contributed by atoms with van der Waals surface area (Å²) in [6, 6.07) is 2.11. The van der Waals surface area contributed by atoms with Crippen molar-refractivity contribution >= 4 is 11.8 Å². The fourth-order valence-electron chi connectivity index (χ4n) is 3.22. The summed E-state index contributed by atoms with van der Waals surface area (Å²) in [4.78, 5) is 22.9. The predicted molar refractivity (Wildman–Crippen MR) is 84.7 cm³/mol. The summed E-state index contributed by atoms with van der Waals surface area (Å²) < 4.78 is 5.12. The van der Waals surface area contributed by atoms with E-state index in [2.05, 4.69) is 33.1 Å². The minimum atomic E-state index is -0.0532. The van der Waals surface area contributed by atoms with Crippen molar-refractivity contribution in [3.05, 3.63) is 30.2 Å². The fourth-order valence-corrected chi connectivity index (χ4v) is 3.22. The number of nitrogens with zero attached hydrogens (tertiary/aromatic N) is 3. The van der Waals surface area contributed by atoms with Crippen molar-refractivity contribution in [2.75, 3.05) is 24.6 Å². The Morgan fingerprint density at radius 3 is 2.68 bits per heavy atom. The van der Waals surface area contributed by atoms with E-state index in [1.165, 1.54) is 0 Å². The summed E-state index contributed by atoms with van der Waals surface area (Å²) in [5, 5.41) is 0. The first-order valence-corrected chi connectivity index (χ1v) is 8.16. The first-order valence-electron chi connectivity index (χ1n) is 8.16. The van der Waals surface area contributed by atoms with E-state index in [1.54, 1.807) is 6.33 Å². The predicted octanol–water partition coefficient (Wildman–Crippen LogP) is 2.69. The molecule has 0 atom stereocenters. The van der Waals surface area contributed by atoms with Gasteiger partial charge < -0.3 is 9.64 Å². The molecule has 0 radical (unpaired) electrons. The van der Waals surface area contributed by atoms with Crippen LogP contribution in [0.4, 0.5) is 5.82 Å². The van der Waals surface area contributed by atoms with Gasteiger partial charge in [0.1, 0.15) is 12.1 Å². The van der Waals surface area contributed by atoms with Gasteiger partial charge in [0.25, 0.3) is 0 Å². The maximum atomic E-state index is 11.8. The Bertz CT molecular complexity index is 543. The highest BCUT2D eigenvalue weighted by molar-refractivity contribution is 5.72. The van der Waals surface area contributed by atoms with Crippen molar-refractivity contribution in [2.24, 2.45) is 5.92 Å². The van der Waals surface area contributed by atoms with Crippen LogP contribution in [-0.2, 0) is 9.53 Å². The largest absolute Gasteiger partial charge is 0.466 e. The Balaban J connectivity index is 1.61. The third-order valence-electron chi connectivity index (χ3n) is 4.54. The number of allylic oxidation sites excluding steroid dienone is 2. The molecular weight excluding hydrogens is 278 g/mol. The topological polar surface area (TPSA) is 55.3 Å². The SMILES string of the molecule is CCOC(=O)C1CCN(c2cc(C3CC=CC3)ncn2)CC1. The van der Waals surface area contributed by atoms with E-state index in [9.17, 15) is 4.79 Å². The maximum Gasteiger partial charge on any atom is 0.309 e. The molecule has 5 nitrogen and oxygen atoms in total. The van der Waals surface area contributed by atoms with Crippen LogP contribution in [0.2, 0.25) is 0 Å². The monoisotopic (exact) mass is 301 g/mol. The number of carbonyl (C=O) groups excluding carboxylic acids is 1. The summed E-state index contributed by atoms with van der Waals surface area (Å²) in [7, 11) is 0. The lowest BCUT2D eigenvalue weighted by atomic mass is 9.97. The van der Waals surface area contributed by atoms with E-state index in [4.69, 9.17) is 4.74 Å². The molecule has 1 aromatic rings. The van der Waals surface area contributed by atoms with Crippen LogP contribution in [0, 0.1) is 5.92 Å². The number of carbonyl (C=O) groups is 1. The number of hydrogen-bond acceptors (Lipinski definition) is 5. The summed E-state index contributed by atoms with van der Waals surface area (Å²) >= 11 is 0. The van der Waals surface area contributed by atoms with Gasteiger partial charge in [-0.15, -0.1) is 0 Å². The molecule has 1 saturated heterocycles. The van der Waals surface area contributed by atoms with Crippen molar-refractivity contribution in [3.63, 3.8) is 0 Å². The Morgan fingerprint density at radius 1 is 1.27 bits per heavy atom. The van der Waals surface area contributed by atoms with Gasteiger partial charge in [-0.05, 0) is 32.6 Å². The molecule has 0 saturated carbocycles. The van der Waals surface area contributed by atoms with Gasteiger partial charge in [0.15, 0.2) is 0 Å². The molecule has 1 aliphatic carbocycles. The molecule has 0 spiro atoms. The number of ether oxygens (including phenoxy) is 1. The molecule has 0 amide bonds. The molecular formula is C17H23N3O2. The second-order valence-electron chi connectivity index (χ2n) is 5.95. The Kier molecular flexibility index (Phi) is 4.71. The third kappa shape index (κ3) is 3.29. The molecule has 2 heterocycles. The number of piperidine rings is 1. The van der Waals surface area contributed by atoms with Gasteiger partial charge in [0, 0.05) is 30.8 Å². The molecule has 118 valence electrons. The van der Waals surface area contributed by atoms with Crippen LogP contribution >= 0.6 is 0 Å². The first kappa shape index (κ1) is 15.0. The molecule has 1 fully saturated rings. The van der Waals surface area contributed by atoms with Gasteiger partial charge in [-0.3, -0.25) is 4.79 Å². The molecule has 0 bridgehead atoms. The van der Waals surface area contributed by atoms with Crippen molar-refractivity contribution in [1.29, 1.82) is 0 Å². The molecule has 22 heavy (non-hydrogen) atoms. The number of anilines is 1. The average molecular weight is 301 g/mol. The summed E-state index contributed by atoms with van der Waals surface area (Å²) in [6.07, 6.45) is 9.92. The molecule has 5 heteroatoms. The van der Waals surface area contributed by atoms with Crippen molar-refractivity contribution in [3.8, 4) is 0 Å². The Labute approximate surface area is 131 Å². The molecule has 0 N–H and O–H groups in total. The molecule has 0 aromatic carbocycles. The number of rotatable bonds is 4. The van der Waals surface area contributed by atoms with Gasteiger partial charge in [-0.2, -0.15) is 0 Å². The van der Waals surface area contributed by atoms with Gasteiger partial charge in [-0.25, -0.2) is 9.97 Å². The molecule has 3 rings (SSSR count). The van der Waals surface area contributed by atoms with Crippen molar-refractivity contribution < 1.29 is 9.53 Å². The van der Waals surface area contributed by atoms with Gasteiger partial charge in [0.05, 0.1) is 12.5 Å². The third-order valence-corrected chi connectivity index (χ3v) is 4.54. The molecule has 1 aliphatic heterocycles. The van der Waals surface area contributed by atoms with E-state index in [0.717, 1.165) is 50.3 Å². The lowest BCUT2D eigenvalue weighted by Gasteiger charge is -2.31. The standard InChI is InChI=1S/C17H23N3O2/c1-2-22-17(21)14-7-9-20(10-8-14)16-11-15(18-12-19-16)13-5-3-4-6-13/h3-4,11-14H,2,5-10H2,1H3. The highest BCUT2D eigenvalue weighted by Crippen LogP contribution is 2.30. The van der Waals surface area contributed by atoms with E-state index >= 15 is 0 Å². The maximum absolute atomic E-state index is 11.8. The minimum absolute atomic E-state index is 0.0385. The van der Waals surface area contributed by atoms with Crippen LogP contribution in [0.1, 0.15) is 44.2 Å². The van der Waals surface area contributed by atoms with Gasteiger partial charge in [0.2, 0.25) is 0 Å². The average Bonchev–Trinajstić information content (AvgIpc) is 3.10. The van der Waals surface area contributed by atoms with Crippen LogP contribution in [0.15, 0.2) is 24.5 Å². The van der Waals surface area contributed by atoms with Crippen LogP contribution in [0.25, 0.3) is 0 Å². The molecule has 0 unspecified atom stereocenters. The summed E-state index contributed by atoms with van der Waals surface area (Å²) in [5.74, 6) is 1.47. The second kappa shape index (κ2) is 6.90. The summed E-state index contributed by atoms with van der Waals surface area (Å²) in [5.41, 5.74) is 1.13. The highest BCUT2D eigenvalue weighted by atomic mass is 16.5. The number of esters is 1. The quantitative estimate of drug-likeness (QED) is 0.632. The lowest BCUT2D eigenvalue weighted by molar-refractivity contribution is -0.148. The van der Waals surface area contributed by atoms with Gasteiger partial charge >= 0.3 is 5.97 Å². The summed E-state index contributed by atoms with van der Waals surface area (Å²) in [6.45, 7) is 4.02. The van der Waals surface area contributed by atoms with Crippen LogP contribution in [-0.4, -0.2) is 35.6 Å². The molecule has 1 aromatic heterocycles. The number of hydrogen-bond donors (Lipinski definition) is 0. The number of aromatic nitrogens is 2. The Hall–Kier alpha value is -1.91. The van der Waals surface area contributed by atoms with Crippen LogP contribution in [0.3, 0.4) is 0 Å². The fraction of sp³-hybridized carbons (Fsp3) is 0.588. The van der Waals surface area contributed by atoms with Crippen molar-refractivity contribution in [2.45, 2.75) is 38.5 Å².